The molecule has 134 valence electrons. The van der Waals surface area contributed by atoms with E-state index in [1.165, 1.54) is 11.3 Å². The second-order valence-corrected chi connectivity index (χ2v) is 7.20. The minimum Gasteiger partial charge on any atom is -0.462 e. The highest BCUT2D eigenvalue weighted by Gasteiger charge is 2.17. The van der Waals surface area contributed by atoms with Gasteiger partial charge < -0.3 is 10.1 Å². The van der Waals surface area contributed by atoms with Gasteiger partial charge >= 0.3 is 5.97 Å². The Kier molecular flexibility index (Phi) is 5.91. The molecule has 0 aliphatic heterocycles. The van der Waals surface area contributed by atoms with Crippen LogP contribution in [0.2, 0.25) is 5.02 Å². The van der Waals surface area contributed by atoms with E-state index in [0.29, 0.717) is 27.8 Å². The Morgan fingerprint density at radius 2 is 1.96 bits per heavy atom. The van der Waals surface area contributed by atoms with Crippen LogP contribution >= 0.6 is 22.9 Å². The highest BCUT2D eigenvalue weighted by Crippen LogP contribution is 2.35. The lowest BCUT2D eigenvalue weighted by Gasteiger charge is -2.07. The number of benzene rings is 2. The molecule has 0 fully saturated rings. The predicted octanol–water partition coefficient (Wildman–Crippen LogP) is 5.76. The number of amides is 1. The van der Waals surface area contributed by atoms with Crippen LogP contribution in [-0.2, 0) is 4.74 Å². The molecule has 26 heavy (non-hydrogen) atoms. The largest absolute Gasteiger partial charge is 0.462 e. The zero-order valence-corrected chi connectivity index (χ0v) is 15.8. The summed E-state index contributed by atoms with van der Waals surface area (Å²) in [6, 6.07) is 14.3. The minimum absolute atomic E-state index is 0.298. The van der Waals surface area contributed by atoms with Crippen molar-refractivity contribution in [3.63, 3.8) is 0 Å². The summed E-state index contributed by atoms with van der Waals surface area (Å²) in [4.78, 5) is 25.1. The number of hydrogen-bond donors (Lipinski definition) is 1. The number of carbonyl (C=O) groups excluding carboxylic acids is 2. The number of unbranched alkanes of at least 4 members (excludes halogenated alkanes) is 1. The molecule has 0 unspecified atom stereocenters. The van der Waals surface area contributed by atoms with Crippen molar-refractivity contribution in [2.24, 2.45) is 0 Å². The Bertz CT molecular complexity index is 951. The minimum atomic E-state index is -0.394. The molecular weight excluding hydrogens is 370 g/mol. The van der Waals surface area contributed by atoms with E-state index in [-0.39, 0.29) is 5.91 Å². The normalized spacial score (nSPS) is 10.7. The van der Waals surface area contributed by atoms with Crippen LogP contribution in [0.15, 0.2) is 48.5 Å². The van der Waals surface area contributed by atoms with Gasteiger partial charge in [0.15, 0.2) is 0 Å². The molecule has 1 aromatic heterocycles. The lowest BCUT2D eigenvalue weighted by atomic mass is 10.2. The standard InChI is InChI=1S/C20H18ClNO3S/c1-2-3-11-25-20(24)13-7-6-8-14(12-13)22-19(23)18-17(21)15-9-4-5-10-16(15)26-18/h4-10,12H,2-3,11H2,1H3,(H,22,23). The second-order valence-electron chi connectivity index (χ2n) is 5.77. The van der Waals surface area contributed by atoms with Crippen molar-refractivity contribution in [2.45, 2.75) is 19.8 Å². The van der Waals surface area contributed by atoms with Crippen molar-refractivity contribution in [1.29, 1.82) is 0 Å². The zero-order chi connectivity index (χ0) is 18.5. The Hall–Kier alpha value is -2.37. The fourth-order valence-corrected chi connectivity index (χ4v) is 3.88. The monoisotopic (exact) mass is 387 g/mol. The summed E-state index contributed by atoms with van der Waals surface area (Å²) < 4.78 is 6.16. The Balaban J connectivity index is 1.76. The summed E-state index contributed by atoms with van der Waals surface area (Å²) >= 11 is 7.69. The van der Waals surface area contributed by atoms with E-state index in [1.807, 2.05) is 31.2 Å². The quantitative estimate of drug-likeness (QED) is 0.432. The van der Waals surface area contributed by atoms with E-state index in [2.05, 4.69) is 5.32 Å². The molecule has 3 aromatic rings. The van der Waals surface area contributed by atoms with Crippen molar-refractivity contribution in [2.75, 3.05) is 11.9 Å². The van der Waals surface area contributed by atoms with Crippen LogP contribution in [0, 0.1) is 0 Å². The summed E-state index contributed by atoms with van der Waals surface area (Å²) in [6.45, 7) is 2.42. The molecule has 0 saturated carbocycles. The molecule has 0 saturated heterocycles. The summed E-state index contributed by atoms with van der Waals surface area (Å²) in [5, 5.41) is 4.10. The fraction of sp³-hybridized carbons (Fsp3) is 0.200. The number of esters is 1. The smallest absolute Gasteiger partial charge is 0.338 e. The van der Waals surface area contributed by atoms with Crippen molar-refractivity contribution in [3.05, 3.63) is 64.0 Å². The number of thiophene rings is 1. The van der Waals surface area contributed by atoms with Crippen molar-refractivity contribution < 1.29 is 14.3 Å². The number of hydrogen-bond acceptors (Lipinski definition) is 4. The van der Waals surface area contributed by atoms with Crippen LogP contribution < -0.4 is 5.32 Å². The summed E-state index contributed by atoms with van der Waals surface area (Å²) in [7, 11) is 0. The molecule has 1 N–H and O–H groups in total. The van der Waals surface area contributed by atoms with Gasteiger partial charge in [-0.25, -0.2) is 4.79 Å². The molecule has 0 aliphatic rings. The maximum absolute atomic E-state index is 12.6. The van der Waals surface area contributed by atoms with E-state index in [9.17, 15) is 9.59 Å². The average Bonchev–Trinajstić information content (AvgIpc) is 2.99. The Labute approximate surface area is 160 Å². The highest BCUT2D eigenvalue weighted by molar-refractivity contribution is 7.21. The van der Waals surface area contributed by atoms with Gasteiger partial charge in [0.05, 0.1) is 17.2 Å². The van der Waals surface area contributed by atoms with E-state index in [4.69, 9.17) is 16.3 Å². The molecule has 0 atom stereocenters. The lowest BCUT2D eigenvalue weighted by Crippen LogP contribution is -2.12. The third-order valence-electron chi connectivity index (χ3n) is 3.83. The van der Waals surface area contributed by atoms with Gasteiger partial charge in [0.2, 0.25) is 0 Å². The first-order chi connectivity index (χ1) is 12.6. The van der Waals surface area contributed by atoms with Gasteiger partial charge in [-0.3, -0.25) is 4.79 Å². The molecule has 3 rings (SSSR count). The van der Waals surface area contributed by atoms with Crippen molar-refractivity contribution in [1.82, 2.24) is 0 Å². The van der Waals surface area contributed by atoms with Gasteiger partial charge in [0, 0.05) is 15.8 Å². The zero-order valence-electron chi connectivity index (χ0n) is 14.3. The van der Waals surface area contributed by atoms with Crippen LogP contribution in [0.4, 0.5) is 5.69 Å². The molecule has 6 heteroatoms. The summed E-state index contributed by atoms with van der Waals surface area (Å²) in [6.07, 6.45) is 1.78. The van der Waals surface area contributed by atoms with Crippen LogP contribution in [0.5, 0.6) is 0 Å². The molecule has 1 heterocycles. The van der Waals surface area contributed by atoms with Gasteiger partial charge in [-0.05, 0) is 30.7 Å². The average molecular weight is 388 g/mol. The maximum atomic E-state index is 12.6. The van der Waals surface area contributed by atoms with Gasteiger partial charge in [-0.1, -0.05) is 49.2 Å². The Morgan fingerprint density at radius 1 is 1.15 bits per heavy atom. The molecule has 4 nitrogen and oxygen atoms in total. The van der Waals surface area contributed by atoms with Crippen LogP contribution in [0.3, 0.4) is 0 Å². The number of fused-ring (bicyclic) bond motifs is 1. The molecule has 0 bridgehead atoms. The maximum Gasteiger partial charge on any atom is 0.338 e. The first-order valence-electron chi connectivity index (χ1n) is 8.35. The van der Waals surface area contributed by atoms with Crippen LogP contribution in [0.1, 0.15) is 39.8 Å². The van der Waals surface area contributed by atoms with E-state index >= 15 is 0 Å². The number of anilines is 1. The molecule has 0 radical (unpaired) electrons. The number of nitrogens with one attached hydrogen (secondary N) is 1. The molecule has 0 aliphatic carbocycles. The summed E-state index contributed by atoms with van der Waals surface area (Å²) in [5.74, 6) is -0.692. The number of halogens is 1. The number of carbonyl (C=O) groups is 2. The SMILES string of the molecule is CCCCOC(=O)c1cccc(NC(=O)c2sc3ccccc3c2Cl)c1. The summed E-state index contributed by atoms with van der Waals surface area (Å²) in [5.41, 5.74) is 0.926. The van der Waals surface area contributed by atoms with Gasteiger partial charge in [0.25, 0.3) is 5.91 Å². The van der Waals surface area contributed by atoms with Gasteiger partial charge in [-0.2, -0.15) is 0 Å². The first-order valence-corrected chi connectivity index (χ1v) is 9.55. The lowest BCUT2D eigenvalue weighted by molar-refractivity contribution is 0.0499. The number of rotatable bonds is 6. The van der Waals surface area contributed by atoms with Crippen LogP contribution in [-0.4, -0.2) is 18.5 Å². The first kappa shape index (κ1) is 18.4. The Morgan fingerprint density at radius 3 is 2.73 bits per heavy atom. The molecular formula is C20H18ClNO3S. The predicted molar refractivity (Wildman–Crippen MR) is 106 cm³/mol. The van der Waals surface area contributed by atoms with E-state index in [0.717, 1.165) is 22.9 Å². The molecule has 1 amide bonds. The van der Waals surface area contributed by atoms with Crippen LogP contribution in [0.25, 0.3) is 10.1 Å². The fourth-order valence-electron chi connectivity index (χ4n) is 2.46. The molecule has 2 aromatic carbocycles. The second kappa shape index (κ2) is 8.34. The van der Waals surface area contributed by atoms with Crippen molar-refractivity contribution in [3.8, 4) is 0 Å². The van der Waals surface area contributed by atoms with Gasteiger partial charge in [0.1, 0.15) is 4.88 Å². The van der Waals surface area contributed by atoms with Gasteiger partial charge in [-0.15, -0.1) is 11.3 Å². The third kappa shape index (κ3) is 4.06. The third-order valence-corrected chi connectivity index (χ3v) is 5.50. The van der Waals surface area contributed by atoms with E-state index in [1.54, 1.807) is 24.3 Å². The molecule has 0 spiro atoms. The van der Waals surface area contributed by atoms with Crippen molar-refractivity contribution >= 4 is 50.6 Å². The topological polar surface area (TPSA) is 55.4 Å². The highest BCUT2D eigenvalue weighted by atomic mass is 35.5. The number of ether oxygens (including phenoxy) is 1. The van der Waals surface area contributed by atoms with E-state index < -0.39 is 5.97 Å².